The SMILES string of the molecule is CC1CCC(OC(=O)c2cccc(S)c2)CC1. The zero-order valence-corrected chi connectivity index (χ0v) is 11.0. The number of hydrogen-bond acceptors (Lipinski definition) is 3. The van der Waals surface area contributed by atoms with Gasteiger partial charge in [0.25, 0.3) is 0 Å². The molecule has 0 bridgehead atoms. The van der Waals surface area contributed by atoms with Crippen LogP contribution in [-0.4, -0.2) is 12.1 Å². The highest BCUT2D eigenvalue weighted by atomic mass is 32.1. The summed E-state index contributed by atoms with van der Waals surface area (Å²) >= 11 is 4.22. The molecule has 2 nitrogen and oxygen atoms in total. The van der Waals surface area contributed by atoms with Gasteiger partial charge in [-0.15, -0.1) is 12.6 Å². The number of thiol groups is 1. The fourth-order valence-corrected chi connectivity index (χ4v) is 2.42. The molecular formula is C14H18O2S. The first-order valence-electron chi connectivity index (χ1n) is 6.15. The molecular weight excluding hydrogens is 232 g/mol. The number of hydrogen-bond donors (Lipinski definition) is 1. The summed E-state index contributed by atoms with van der Waals surface area (Å²) in [5.41, 5.74) is 0.594. The molecule has 0 N–H and O–H groups in total. The molecule has 1 aliphatic rings. The highest BCUT2D eigenvalue weighted by molar-refractivity contribution is 7.80. The predicted octanol–water partition coefficient (Wildman–Crippen LogP) is 3.71. The van der Waals surface area contributed by atoms with Crippen molar-refractivity contribution in [3.63, 3.8) is 0 Å². The minimum Gasteiger partial charge on any atom is -0.459 e. The summed E-state index contributed by atoms with van der Waals surface area (Å²) in [5.74, 6) is 0.547. The second-order valence-electron chi connectivity index (χ2n) is 4.84. The monoisotopic (exact) mass is 250 g/mol. The maximum Gasteiger partial charge on any atom is 0.338 e. The van der Waals surface area contributed by atoms with Gasteiger partial charge < -0.3 is 4.74 Å². The first-order chi connectivity index (χ1) is 8.15. The van der Waals surface area contributed by atoms with E-state index in [0.717, 1.165) is 36.5 Å². The van der Waals surface area contributed by atoms with Crippen LogP contribution in [0.3, 0.4) is 0 Å². The van der Waals surface area contributed by atoms with Crippen LogP contribution >= 0.6 is 12.6 Å². The van der Waals surface area contributed by atoms with E-state index in [1.54, 1.807) is 12.1 Å². The Kier molecular flexibility index (Phi) is 4.11. The molecule has 1 aromatic rings. The molecule has 0 aromatic heterocycles. The van der Waals surface area contributed by atoms with E-state index in [1.165, 1.54) is 0 Å². The Morgan fingerprint density at radius 1 is 1.29 bits per heavy atom. The van der Waals surface area contributed by atoms with E-state index < -0.39 is 0 Å². The Hall–Kier alpha value is -0.960. The van der Waals surface area contributed by atoms with Crippen LogP contribution < -0.4 is 0 Å². The Balaban J connectivity index is 1.93. The number of rotatable bonds is 2. The van der Waals surface area contributed by atoms with Gasteiger partial charge in [-0.3, -0.25) is 0 Å². The largest absolute Gasteiger partial charge is 0.459 e. The van der Waals surface area contributed by atoms with Gasteiger partial charge in [-0.2, -0.15) is 0 Å². The number of ether oxygens (including phenoxy) is 1. The summed E-state index contributed by atoms with van der Waals surface area (Å²) in [6.07, 6.45) is 4.40. The van der Waals surface area contributed by atoms with Gasteiger partial charge >= 0.3 is 5.97 Å². The fraction of sp³-hybridized carbons (Fsp3) is 0.500. The van der Waals surface area contributed by atoms with Crippen LogP contribution in [-0.2, 0) is 4.74 Å². The minimum absolute atomic E-state index is 0.0993. The van der Waals surface area contributed by atoms with Gasteiger partial charge in [0.05, 0.1) is 5.56 Å². The van der Waals surface area contributed by atoms with Crippen molar-refractivity contribution >= 4 is 18.6 Å². The average Bonchev–Trinajstić information content (AvgIpc) is 2.32. The molecule has 1 saturated carbocycles. The highest BCUT2D eigenvalue weighted by Crippen LogP contribution is 2.26. The van der Waals surface area contributed by atoms with Crippen LogP contribution in [0.1, 0.15) is 43.0 Å². The van der Waals surface area contributed by atoms with Crippen LogP contribution in [0.4, 0.5) is 0 Å². The first kappa shape index (κ1) is 12.5. The van der Waals surface area contributed by atoms with Gasteiger partial charge in [0.2, 0.25) is 0 Å². The lowest BCUT2D eigenvalue weighted by Crippen LogP contribution is -2.23. The summed E-state index contributed by atoms with van der Waals surface area (Å²) in [6, 6.07) is 7.19. The summed E-state index contributed by atoms with van der Waals surface area (Å²) in [7, 11) is 0. The molecule has 0 heterocycles. The van der Waals surface area contributed by atoms with E-state index >= 15 is 0 Å². The van der Waals surface area contributed by atoms with Gasteiger partial charge in [-0.1, -0.05) is 13.0 Å². The molecule has 1 aromatic carbocycles. The third-order valence-corrected chi connectivity index (χ3v) is 3.60. The molecule has 0 atom stereocenters. The maximum absolute atomic E-state index is 11.9. The number of carbonyl (C=O) groups is 1. The van der Waals surface area contributed by atoms with Crippen LogP contribution in [0.2, 0.25) is 0 Å². The molecule has 0 amide bonds. The van der Waals surface area contributed by atoms with Crippen LogP contribution in [0.15, 0.2) is 29.2 Å². The van der Waals surface area contributed by atoms with E-state index in [1.807, 2.05) is 12.1 Å². The zero-order valence-electron chi connectivity index (χ0n) is 10.1. The van der Waals surface area contributed by atoms with Crippen molar-refractivity contribution in [3.05, 3.63) is 29.8 Å². The normalized spacial score (nSPS) is 24.4. The minimum atomic E-state index is -0.222. The zero-order chi connectivity index (χ0) is 12.3. The number of benzene rings is 1. The Morgan fingerprint density at radius 2 is 2.00 bits per heavy atom. The third-order valence-electron chi connectivity index (χ3n) is 3.32. The van der Waals surface area contributed by atoms with Crippen molar-refractivity contribution in [3.8, 4) is 0 Å². The summed E-state index contributed by atoms with van der Waals surface area (Å²) in [6.45, 7) is 2.25. The molecule has 3 heteroatoms. The lowest BCUT2D eigenvalue weighted by Gasteiger charge is -2.25. The third kappa shape index (κ3) is 3.50. The van der Waals surface area contributed by atoms with E-state index in [0.29, 0.717) is 5.56 Å². The van der Waals surface area contributed by atoms with Crippen LogP contribution in [0, 0.1) is 5.92 Å². The second-order valence-corrected chi connectivity index (χ2v) is 5.35. The second kappa shape index (κ2) is 5.58. The molecule has 1 aliphatic carbocycles. The van der Waals surface area contributed by atoms with Crippen molar-refractivity contribution in [1.29, 1.82) is 0 Å². The summed E-state index contributed by atoms with van der Waals surface area (Å²) < 4.78 is 5.51. The molecule has 0 spiro atoms. The van der Waals surface area contributed by atoms with Crippen molar-refractivity contribution in [2.75, 3.05) is 0 Å². The van der Waals surface area contributed by atoms with E-state index in [-0.39, 0.29) is 12.1 Å². The van der Waals surface area contributed by atoms with Gasteiger partial charge in [-0.25, -0.2) is 4.79 Å². The predicted molar refractivity (Wildman–Crippen MR) is 70.5 cm³/mol. The molecule has 0 saturated heterocycles. The Labute approximate surface area is 108 Å². The summed E-state index contributed by atoms with van der Waals surface area (Å²) in [5, 5.41) is 0. The summed E-state index contributed by atoms with van der Waals surface area (Å²) in [4.78, 5) is 12.7. The number of carbonyl (C=O) groups excluding carboxylic acids is 1. The van der Waals surface area contributed by atoms with Crippen molar-refractivity contribution in [2.24, 2.45) is 5.92 Å². The molecule has 1 fully saturated rings. The smallest absolute Gasteiger partial charge is 0.338 e. The van der Waals surface area contributed by atoms with Crippen molar-refractivity contribution in [1.82, 2.24) is 0 Å². The van der Waals surface area contributed by atoms with E-state index in [2.05, 4.69) is 19.6 Å². The van der Waals surface area contributed by atoms with Gasteiger partial charge in [0, 0.05) is 4.90 Å². The topological polar surface area (TPSA) is 26.3 Å². The fourth-order valence-electron chi connectivity index (χ4n) is 2.20. The van der Waals surface area contributed by atoms with Gasteiger partial charge in [-0.05, 0) is 49.8 Å². The van der Waals surface area contributed by atoms with Crippen LogP contribution in [0.5, 0.6) is 0 Å². The first-order valence-corrected chi connectivity index (χ1v) is 6.60. The van der Waals surface area contributed by atoms with E-state index in [9.17, 15) is 4.79 Å². The molecule has 92 valence electrons. The molecule has 2 rings (SSSR count). The number of esters is 1. The lowest BCUT2D eigenvalue weighted by atomic mass is 9.89. The Morgan fingerprint density at radius 3 is 2.65 bits per heavy atom. The standard InChI is InChI=1S/C14H18O2S/c1-10-5-7-12(8-6-10)16-14(15)11-3-2-4-13(17)9-11/h2-4,9-10,12,17H,5-8H2,1H3. The van der Waals surface area contributed by atoms with Gasteiger partial charge in [0.15, 0.2) is 0 Å². The van der Waals surface area contributed by atoms with Crippen molar-refractivity contribution in [2.45, 2.75) is 43.6 Å². The molecule has 17 heavy (non-hydrogen) atoms. The molecule has 0 radical (unpaired) electrons. The Bertz CT molecular complexity index is 395. The lowest BCUT2D eigenvalue weighted by molar-refractivity contribution is 0.0173. The van der Waals surface area contributed by atoms with Crippen LogP contribution in [0.25, 0.3) is 0 Å². The molecule has 0 unspecified atom stereocenters. The molecule has 0 aliphatic heterocycles. The highest BCUT2D eigenvalue weighted by Gasteiger charge is 2.21. The van der Waals surface area contributed by atoms with Crippen molar-refractivity contribution < 1.29 is 9.53 Å². The maximum atomic E-state index is 11.9. The average molecular weight is 250 g/mol. The van der Waals surface area contributed by atoms with E-state index in [4.69, 9.17) is 4.74 Å². The van der Waals surface area contributed by atoms with Gasteiger partial charge in [0.1, 0.15) is 6.10 Å². The quantitative estimate of drug-likeness (QED) is 0.639.